The average Bonchev–Trinajstić information content (AvgIpc) is 3.59. The van der Waals surface area contributed by atoms with Crippen molar-refractivity contribution in [1.29, 1.82) is 0 Å². The zero-order valence-electron chi connectivity index (χ0n) is 27.8. The van der Waals surface area contributed by atoms with E-state index in [-0.39, 0.29) is 0 Å². The molecule has 0 spiro atoms. The number of pyridine rings is 1. The first-order valence-electron chi connectivity index (χ1n) is 17.4. The quantitative estimate of drug-likeness (QED) is 0.173. The Morgan fingerprint density at radius 3 is 1.59 bits per heavy atom. The van der Waals surface area contributed by atoms with Crippen molar-refractivity contribution in [2.24, 2.45) is 0 Å². The van der Waals surface area contributed by atoms with Crippen LogP contribution in [0.3, 0.4) is 0 Å². The van der Waals surface area contributed by atoms with E-state index in [2.05, 4.69) is 170 Å². The summed E-state index contributed by atoms with van der Waals surface area (Å²) in [5, 5.41) is 7.35. The molecule has 2 heteroatoms. The lowest BCUT2D eigenvalue weighted by atomic mass is 9.92. The molecule has 0 aliphatic rings. The number of hydrogen-bond donors (Lipinski definition) is 0. The van der Waals surface area contributed by atoms with Gasteiger partial charge in [-0.3, -0.25) is 0 Å². The monoisotopic (exact) mass is 649 g/mol. The van der Waals surface area contributed by atoms with Crippen molar-refractivity contribution >= 4 is 43.5 Å². The Labute approximate surface area is 295 Å². The van der Waals surface area contributed by atoms with Gasteiger partial charge in [-0.1, -0.05) is 152 Å². The van der Waals surface area contributed by atoms with Crippen LogP contribution >= 0.6 is 0 Å². The van der Waals surface area contributed by atoms with E-state index < -0.39 is 0 Å². The van der Waals surface area contributed by atoms with E-state index in [0.717, 1.165) is 55.6 Å². The second kappa shape index (κ2) is 12.0. The van der Waals surface area contributed by atoms with Gasteiger partial charge in [-0.05, 0) is 91.3 Å². The maximum absolute atomic E-state index is 6.07. The zero-order chi connectivity index (χ0) is 33.7. The van der Waals surface area contributed by atoms with Crippen molar-refractivity contribution in [3.63, 3.8) is 0 Å². The first-order chi connectivity index (χ1) is 25.2. The van der Waals surface area contributed by atoms with E-state index in [4.69, 9.17) is 9.40 Å². The molecule has 0 aliphatic heterocycles. The second-order valence-corrected chi connectivity index (χ2v) is 13.1. The zero-order valence-corrected chi connectivity index (χ0v) is 27.8. The molecule has 51 heavy (non-hydrogen) atoms. The van der Waals surface area contributed by atoms with Crippen LogP contribution in [0.2, 0.25) is 0 Å². The average molecular weight is 650 g/mol. The molecule has 238 valence electrons. The van der Waals surface area contributed by atoms with E-state index in [1.54, 1.807) is 0 Å². The fourth-order valence-corrected chi connectivity index (χ4v) is 7.48. The van der Waals surface area contributed by atoms with E-state index in [1.165, 1.54) is 43.8 Å². The fourth-order valence-electron chi connectivity index (χ4n) is 7.48. The molecule has 0 radical (unpaired) electrons. The van der Waals surface area contributed by atoms with Crippen molar-refractivity contribution in [2.45, 2.75) is 0 Å². The summed E-state index contributed by atoms with van der Waals surface area (Å²) in [7, 11) is 0. The largest absolute Gasteiger partial charge is 0.456 e. The molecule has 0 saturated heterocycles. The Hall–Kier alpha value is -6.77. The summed E-state index contributed by atoms with van der Waals surface area (Å²) in [6.07, 6.45) is 0. The highest BCUT2D eigenvalue weighted by atomic mass is 16.3. The lowest BCUT2D eigenvalue weighted by molar-refractivity contribution is 0.669. The van der Waals surface area contributed by atoms with E-state index in [0.29, 0.717) is 0 Å². The molecule has 0 unspecified atom stereocenters. The topological polar surface area (TPSA) is 26.0 Å². The van der Waals surface area contributed by atoms with E-state index in [1.807, 2.05) is 18.2 Å². The fraction of sp³-hybridized carbons (Fsp3) is 0. The van der Waals surface area contributed by atoms with Gasteiger partial charge in [0.1, 0.15) is 11.2 Å². The summed E-state index contributed by atoms with van der Waals surface area (Å²) >= 11 is 0. The molecule has 0 aliphatic carbocycles. The van der Waals surface area contributed by atoms with Gasteiger partial charge in [0.15, 0.2) is 0 Å². The molecule has 0 atom stereocenters. The molecule has 2 nitrogen and oxygen atoms in total. The summed E-state index contributed by atoms with van der Waals surface area (Å²) in [5.41, 5.74) is 12.9. The summed E-state index contributed by atoms with van der Waals surface area (Å²) in [6.45, 7) is 0. The number of rotatable bonds is 5. The maximum atomic E-state index is 6.07. The molecule has 10 aromatic rings. The highest BCUT2D eigenvalue weighted by molar-refractivity contribution is 6.13. The third-order valence-corrected chi connectivity index (χ3v) is 10.1. The number of fused-ring (bicyclic) bond motifs is 6. The van der Waals surface area contributed by atoms with Crippen LogP contribution in [0, 0.1) is 0 Å². The molecule has 0 saturated carbocycles. The van der Waals surface area contributed by atoms with Crippen molar-refractivity contribution < 1.29 is 4.42 Å². The van der Waals surface area contributed by atoms with Crippen LogP contribution < -0.4 is 0 Å². The number of aromatic nitrogens is 1. The van der Waals surface area contributed by atoms with Crippen LogP contribution in [0.15, 0.2) is 192 Å². The molecule has 0 bridgehead atoms. The number of hydrogen-bond acceptors (Lipinski definition) is 2. The first kappa shape index (κ1) is 29.2. The molecular weight excluding hydrogens is 619 g/mol. The van der Waals surface area contributed by atoms with Gasteiger partial charge in [0.05, 0.1) is 11.4 Å². The van der Waals surface area contributed by atoms with Gasteiger partial charge in [-0.15, -0.1) is 0 Å². The van der Waals surface area contributed by atoms with Crippen LogP contribution in [0.4, 0.5) is 0 Å². The van der Waals surface area contributed by atoms with Crippen LogP contribution in [0.25, 0.3) is 99.4 Å². The van der Waals surface area contributed by atoms with Crippen molar-refractivity contribution in [3.05, 3.63) is 188 Å². The number of benzene rings is 8. The van der Waals surface area contributed by atoms with Crippen molar-refractivity contribution in [3.8, 4) is 55.9 Å². The number of nitrogens with zero attached hydrogens (tertiary/aromatic N) is 1. The van der Waals surface area contributed by atoms with Gasteiger partial charge in [0, 0.05) is 21.9 Å². The summed E-state index contributed by atoms with van der Waals surface area (Å²) in [4.78, 5) is 5.20. The third kappa shape index (κ3) is 5.17. The van der Waals surface area contributed by atoms with Crippen molar-refractivity contribution in [1.82, 2.24) is 4.98 Å². The van der Waals surface area contributed by atoms with Crippen molar-refractivity contribution in [2.75, 3.05) is 0 Å². The van der Waals surface area contributed by atoms with Crippen LogP contribution in [-0.4, -0.2) is 4.98 Å². The summed E-state index contributed by atoms with van der Waals surface area (Å²) < 4.78 is 6.07. The highest BCUT2D eigenvalue weighted by Crippen LogP contribution is 2.38. The Balaban J connectivity index is 1.04. The second-order valence-electron chi connectivity index (χ2n) is 13.1. The van der Waals surface area contributed by atoms with E-state index in [9.17, 15) is 0 Å². The molecule has 8 aromatic carbocycles. The molecule has 0 N–H and O–H groups in total. The highest BCUT2D eigenvalue weighted by Gasteiger charge is 2.13. The molecule has 2 aromatic heterocycles. The Morgan fingerprint density at radius 1 is 0.294 bits per heavy atom. The standard InChI is InChI=1S/C49H31NO/c1-2-10-35(11-3-1)46-30-39(33-20-18-32(19-21-33)37-26-27-49-45(28-37)43-16-8-9-17-48(43)51-49)31-47(50-46)36-24-22-34(23-25-36)44-29-38-12-4-5-13-40(38)41-14-6-7-15-42(41)44/h1-31H. The maximum Gasteiger partial charge on any atom is 0.135 e. The molecule has 10 rings (SSSR count). The lowest BCUT2D eigenvalue weighted by Gasteiger charge is -2.13. The van der Waals surface area contributed by atoms with Gasteiger partial charge in [0.25, 0.3) is 0 Å². The molecule has 2 heterocycles. The summed E-state index contributed by atoms with van der Waals surface area (Å²) in [5.74, 6) is 0. The molecular formula is C49H31NO. The van der Waals surface area contributed by atoms with Crippen LogP contribution in [0.5, 0.6) is 0 Å². The SMILES string of the molecule is c1ccc(-c2cc(-c3ccc(-c4ccc5oc6ccccc6c5c4)cc3)cc(-c3ccc(-c4cc5ccccc5c5ccccc45)cc3)n2)cc1. The smallest absolute Gasteiger partial charge is 0.135 e. The number of para-hydroxylation sites is 1. The molecule has 0 amide bonds. The Morgan fingerprint density at radius 2 is 0.824 bits per heavy atom. The van der Waals surface area contributed by atoms with Crippen LogP contribution in [0.1, 0.15) is 0 Å². The summed E-state index contributed by atoms with van der Waals surface area (Å²) in [6, 6.07) is 66.9. The molecule has 0 fully saturated rings. The van der Waals surface area contributed by atoms with Gasteiger partial charge in [-0.25, -0.2) is 4.98 Å². The number of furan rings is 1. The third-order valence-electron chi connectivity index (χ3n) is 10.1. The predicted octanol–water partition coefficient (Wildman–Crippen LogP) is 13.6. The first-order valence-corrected chi connectivity index (χ1v) is 17.4. The Kier molecular flexibility index (Phi) is 6.85. The van der Waals surface area contributed by atoms with E-state index >= 15 is 0 Å². The van der Waals surface area contributed by atoms with Gasteiger partial charge in [0.2, 0.25) is 0 Å². The van der Waals surface area contributed by atoms with Crippen LogP contribution in [-0.2, 0) is 0 Å². The Bertz CT molecular complexity index is 2880. The normalized spacial score (nSPS) is 11.5. The minimum Gasteiger partial charge on any atom is -0.456 e. The predicted molar refractivity (Wildman–Crippen MR) is 214 cm³/mol. The minimum atomic E-state index is 0.910. The minimum absolute atomic E-state index is 0.910. The lowest BCUT2D eigenvalue weighted by Crippen LogP contribution is -1.92. The van der Waals surface area contributed by atoms with Gasteiger partial charge >= 0.3 is 0 Å². The van der Waals surface area contributed by atoms with Gasteiger partial charge in [-0.2, -0.15) is 0 Å². The van der Waals surface area contributed by atoms with Gasteiger partial charge < -0.3 is 4.42 Å².